The van der Waals surface area contributed by atoms with Gasteiger partial charge in [0.1, 0.15) is 9.84 Å². The van der Waals surface area contributed by atoms with E-state index in [1.165, 1.54) is 6.26 Å². The molecule has 0 spiro atoms. The van der Waals surface area contributed by atoms with Crippen LogP contribution in [0.5, 0.6) is 0 Å². The highest BCUT2D eigenvalue weighted by Crippen LogP contribution is 1.87. The molecular weight excluding hydrogens is 369 g/mol. The summed E-state index contributed by atoms with van der Waals surface area (Å²) >= 11 is 0. The minimum Gasteiger partial charge on any atom is -0.383 e. The summed E-state index contributed by atoms with van der Waals surface area (Å²) in [5.41, 5.74) is 0. The molecule has 0 rings (SSSR count). The molecular formula is C10H24IN3O3S. The molecule has 6 nitrogen and oxygen atoms in total. The molecule has 2 N–H and O–H groups in total. The number of nitrogens with zero attached hydrogens (tertiary/aromatic N) is 1. The second kappa shape index (κ2) is 10.8. The normalized spacial score (nSPS) is 13.7. The monoisotopic (exact) mass is 393 g/mol. The first kappa shape index (κ1) is 20.2. The molecule has 0 heterocycles. The largest absolute Gasteiger partial charge is 0.383 e. The molecule has 0 aliphatic rings. The van der Waals surface area contributed by atoms with Gasteiger partial charge in [-0.15, -0.1) is 24.0 Å². The SMILES string of the molecule is CN=C(NCCCS(C)(=O)=O)NC(C)COC.I. The third-order valence-electron chi connectivity index (χ3n) is 2.01. The summed E-state index contributed by atoms with van der Waals surface area (Å²) in [5.74, 6) is 0.841. The van der Waals surface area contributed by atoms with Gasteiger partial charge in [0.05, 0.1) is 12.4 Å². The van der Waals surface area contributed by atoms with Gasteiger partial charge in [0.2, 0.25) is 0 Å². The van der Waals surface area contributed by atoms with E-state index in [4.69, 9.17) is 4.74 Å². The Balaban J connectivity index is 0. The lowest BCUT2D eigenvalue weighted by atomic mass is 10.4. The highest BCUT2D eigenvalue weighted by Gasteiger charge is 2.05. The van der Waals surface area contributed by atoms with E-state index in [9.17, 15) is 8.42 Å². The highest BCUT2D eigenvalue weighted by atomic mass is 127. The van der Waals surface area contributed by atoms with Crippen LogP contribution in [0.1, 0.15) is 13.3 Å². The Morgan fingerprint density at radius 1 is 1.44 bits per heavy atom. The van der Waals surface area contributed by atoms with Crippen molar-refractivity contribution in [1.82, 2.24) is 10.6 Å². The lowest BCUT2D eigenvalue weighted by Crippen LogP contribution is -2.44. The van der Waals surface area contributed by atoms with Crippen LogP contribution >= 0.6 is 24.0 Å². The zero-order valence-electron chi connectivity index (χ0n) is 11.4. The number of halogens is 1. The van der Waals surface area contributed by atoms with Gasteiger partial charge in [-0.3, -0.25) is 4.99 Å². The van der Waals surface area contributed by atoms with Crippen LogP contribution in [0.2, 0.25) is 0 Å². The number of hydrogen-bond donors (Lipinski definition) is 2. The quantitative estimate of drug-likeness (QED) is 0.280. The predicted octanol–water partition coefficient (Wildman–Crippen LogP) is 0.239. The molecule has 0 fully saturated rings. The van der Waals surface area contributed by atoms with Crippen LogP contribution in [0, 0.1) is 0 Å². The molecule has 0 aliphatic carbocycles. The van der Waals surface area contributed by atoms with Gasteiger partial charge < -0.3 is 15.4 Å². The van der Waals surface area contributed by atoms with Crippen LogP contribution in [0.4, 0.5) is 0 Å². The standard InChI is InChI=1S/C10H23N3O3S.HI/c1-9(8-16-3)13-10(11-2)12-6-5-7-17(4,14)15;/h9H,5-8H2,1-4H3,(H2,11,12,13);1H. The van der Waals surface area contributed by atoms with E-state index in [2.05, 4.69) is 15.6 Å². The molecule has 18 heavy (non-hydrogen) atoms. The van der Waals surface area contributed by atoms with E-state index in [1.54, 1.807) is 14.2 Å². The molecule has 8 heteroatoms. The van der Waals surface area contributed by atoms with Gasteiger partial charge in [0, 0.05) is 33.0 Å². The lowest BCUT2D eigenvalue weighted by Gasteiger charge is -2.16. The van der Waals surface area contributed by atoms with Crippen LogP contribution in [-0.2, 0) is 14.6 Å². The number of nitrogens with one attached hydrogen (secondary N) is 2. The van der Waals surface area contributed by atoms with Gasteiger partial charge in [0.15, 0.2) is 5.96 Å². The van der Waals surface area contributed by atoms with Crippen molar-refractivity contribution in [2.75, 3.05) is 39.3 Å². The van der Waals surface area contributed by atoms with Gasteiger partial charge in [-0.1, -0.05) is 0 Å². The maximum Gasteiger partial charge on any atom is 0.191 e. The van der Waals surface area contributed by atoms with Crippen molar-refractivity contribution in [3.8, 4) is 0 Å². The highest BCUT2D eigenvalue weighted by molar-refractivity contribution is 14.0. The van der Waals surface area contributed by atoms with Gasteiger partial charge >= 0.3 is 0 Å². The molecule has 0 aromatic rings. The van der Waals surface area contributed by atoms with E-state index in [-0.39, 0.29) is 35.8 Å². The molecule has 0 saturated heterocycles. The zero-order chi connectivity index (χ0) is 13.3. The van der Waals surface area contributed by atoms with Crippen molar-refractivity contribution >= 4 is 39.8 Å². The summed E-state index contributed by atoms with van der Waals surface area (Å²) in [6.45, 7) is 3.14. The van der Waals surface area contributed by atoms with Gasteiger partial charge in [-0.05, 0) is 13.3 Å². The molecule has 0 radical (unpaired) electrons. The summed E-state index contributed by atoms with van der Waals surface area (Å²) in [6, 6.07) is 0.154. The first-order valence-corrected chi connectivity index (χ1v) is 7.59. The number of ether oxygens (including phenoxy) is 1. The Morgan fingerprint density at radius 3 is 2.50 bits per heavy atom. The molecule has 0 amide bonds. The number of rotatable bonds is 7. The van der Waals surface area contributed by atoms with Crippen molar-refractivity contribution in [2.24, 2.45) is 4.99 Å². The Labute approximate surface area is 127 Å². The lowest BCUT2D eigenvalue weighted by molar-refractivity contribution is 0.179. The van der Waals surface area contributed by atoms with Crippen LogP contribution in [0.3, 0.4) is 0 Å². The average molecular weight is 393 g/mol. The molecule has 1 unspecified atom stereocenters. The number of methoxy groups -OCH3 is 1. The molecule has 0 saturated carbocycles. The second-order valence-corrected chi connectivity index (χ2v) is 6.24. The van der Waals surface area contributed by atoms with E-state index >= 15 is 0 Å². The third kappa shape index (κ3) is 12.4. The maximum absolute atomic E-state index is 10.9. The van der Waals surface area contributed by atoms with Crippen molar-refractivity contribution < 1.29 is 13.2 Å². The Hall–Kier alpha value is -0.0900. The molecule has 0 bridgehead atoms. The van der Waals surface area contributed by atoms with E-state index in [1.807, 2.05) is 6.92 Å². The van der Waals surface area contributed by atoms with Crippen molar-refractivity contribution in [3.05, 3.63) is 0 Å². The predicted molar refractivity (Wildman–Crippen MR) is 85.6 cm³/mol. The molecule has 0 aromatic carbocycles. The average Bonchev–Trinajstić information content (AvgIpc) is 2.21. The van der Waals surface area contributed by atoms with Crippen LogP contribution in [-0.4, -0.2) is 59.7 Å². The van der Waals surface area contributed by atoms with Crippen molar-refractivity contribution in [1.29, 1.82) is 0 Å². The Bertz CT molecular complexity index is 333. The number of hydrogen-bond acceptors (Lipinski definition) is 4. The van der Waals surface area contributed by atoms with E-state index in [0.29, 0.717) is 25.5 Å². The fourth-order valence-electron chi connectivity index (χ4n) is 1.26. The fourth-order valence-corrected chi connectivity index (χ4v) is 1.93. The van der Waals surface area contributed by atoms with Crippen LogP contribution in [0.15, 0.2) is 4.99 Å². The van der Waals surface area contributed by atoms with Crippen LogP contribution in [0.25, 0.3) is 0 Å². The van der Waals surface area contributed by atoms with Gasteiger partial charge in [-0.2, -0.15) is 0 Å². The summed E-state index contributed by atoms with van der Waals surface area (Å²) in [5, 5.41) is 6.18. The minimum absolute atomic E-state index is 0. The summed E-state index contributed by atoms with van der Waals surface area (Å²) in [6.07, 6.45) is 1.80. The molecule has 0 aromatic heterocycles. The van der Waals surface area contributed by atoms with Crippen molar-refractivity contribution in [2.45, 2.75) is 19.4 Å². The first-order valence-electron chi connectivity index (χ1n) is 5.53. The Kier molecular flexibility index (Phi) is 12.1. The Morgan fingerprint density at radius 2 is 2.06 bits per heavy atom. The number of aliphatic imine (C=N–C) groups is 1. The second-order valence-electron chi connectivity index (χ2n) is 3.98. The number of guanidine groups is 1. The fraction of sp³-hybridized carbons (Fsp3) is 0.900. The summed E-state index contributed by atoms with van der Waals surface area (Å²) in [4.78, 5) is 4.03. The summed E-state index contributed by atoms with van der Waals surface area (Å²) < 4.78 is 26.8. The zero-order valence-corrected chi connectivity index (χ0v) is 14.5. The van der Waals surface area contributed by atoms with Crippen LogP contribution < -0.4 is 10.6 Å². The first-order chi connectivity index (χ1) is 7.89. The topological polar surface area (TPSA) is 79.8 Å². The minimum atomic E-state index is -2.88. The smallest absolute Gasteiger partial charge is 0.191 e. The third-order valence-corrected chi connectivity index (χ3v) is 3.04. The number of sulfone groups is 1. The van der Waals surface area contributed by atoms with Gasteiger partial charge in [0.25, 0.3) is 0 Å². The summed E-state index contributed by atoms with van der Waals surface area (Å²) in [7, 11) is 0.431. The maximum atomic E-state index is 10.9. The molecule has 1 atom stereocenters. The molecule has 110 valence electrons. The van der Waals surface area contributed by atoms with Gasteiger partial charge in [-0.25, -0.2) is 8.42 Å². The van der Waals surface area contributed by atoms with Crippen molar-refractivity contribution in [3.63, 3.8) is 0 Å². The van der Waals surface area contributed by atoms with E-state index in [0.717, 1.165) is 0 Å². The molecule has 0 aliphatic heterocycles. The van der Waals surface area contributed by atoms with E-state index < -0.39 is 9.84 Å².